The minimum Gasteiger partial charge on any atom is -0.445 e. The number of nitrogens with zero attached hydrogens (tertiary/aromatic N) is 2. The van der Waals surface area contributed by atoms with Gasteiger partial charge in [-0.25, -0.2) is 4.79 Å². The minimum absolute atomic E-state index is 0.154. The standard InChI is InChI=1S/C20H30N2O4/c1-3-5-9-13-21(4-2)19(24)18-17(23)12-14-22(18)20(25)26-15-16-10-7-6-8-11-16/h6-8,10-11,17-18,23H,3-5,9,12-15H2,1-2H3/t17?,18-/m0/s1. The molecule has 1 fully saturated rings. The Labute approximate surface area is 155 Å². The topological polar surface area (TPSA) is 70.1 Å². The number of benzene rings is 1. The number of aliphatic hydroxyl groups excluding tert-OH is 1. The fourth-order valence-corrected chi connectivity index (χ4v) is 3.24. The predicted octanol–water partition coefficient (Wildman–Crippen LogP) is 2.80. The molecule has 0 saturated carbocycles. The van der Waals surface area contributed by atoms with Crippen molar-refractivity contribution in [3.63, 3.8) is 0 Å². The Balaban J connectivity index is 1.98. The van der Waals surface area contributed by atoms with Gasteiger partial charge in [0.05, 0.1) is 6.10 Å². The van der Waals surface area contributed by atoms with Crippen molar-refractivity contribution in [1.82, 2.24) is 9.80 Å². The summed E-state index contributed by atoms with van der Waals surface area (Å²) < 4.78 is 5.36. The predicted molar refractivity (Wildman–Crippen MR) is 99.5 cm³/mol. The number of hydrogen-bond acceptors (Lipinski definition) is 4. The van der Waals surface area contributed by atoms with Crippen LogP contribution < -0.4 is 0 Å². The van der Waals surface area contributed by atoms with Crippen molar-refractivity contribution in [3.05, 3.63) is 35.9 Å². The highest BCUT2D eigenvalue weighted by Crippen LogP contribution is 2.22. The Morgan fingerprint density at radius 2 is 1.96 bits per heavy atom. The van der Waals surface area contributed by atoms with Crippen molar-refractivity contribution in [2.45, 2.75) is 58.3 Å². The van der Waals surface area contributed by atoms with Crippen molar-refractivity contribution >= 4 is 12.0 Å². The third-order valence-corrected chi connectivity index (χ3v) is 4.78. The van der Waals surface area contributed by atoms with E-state index in [1.807, 2.05) is 37.3 Å². The quantitative estimate of drug-likeness (QED) is 0.722. The Kier molecular flexibility index (Phi) is 7.91. The number of unbranched alkanes of at least 4 members (excludes halogenated alkanes) is 2. The third-order valence-electron chi connectivity index (χ3n) is 4.78. The van der Waals surface area contributed by atoms with Crippen LogP contribution in [0.5, 0.6) is 0 Å². The van der Waals surface area contributed by atoms with E-state index < -0.39 is 18.2 Å². The highest BCUT2D eigenvalue weighted by Gasteiger charge is 2.43. The molecule has 6 nitrogen and oxygen atoms in total. The van der Waals surface area contributed by atoms with Crippen molar-refractivity contribution in [3.8, 4) is 0 Å². The first-order valence-corrected chi connectivity index (χ1v) is 9.52. The Hall–Kier alpha value is -2.08. The molecule has 0 aromatic heterocycles. The molecule has 0 spiro atoms. The molecule has 1 heterocycles. The van der Waals surface area contributed by atoms with E-state index in [0.717, 1.165) is 24.8 Å². The number of aliphatic hydroxyl groups is 1. The smallest absolute Gasteiger partial charge is 0.410 e. The SMILES string of the molecule is CCCCCN(CC)C(=O)[C@@H]1C(O)CCN1C(=O)OCc1ccccc1. The first-order valence-electron chi connectivity index (χ1n) is 9.52. The fourth-order valence-electron chi connectivity index (χ4n) is 3.24. The zero-order chi connectivity index (χ0) is 18.9. The van der Waals surface area contributed by atoms with Gasteiger partial charge in [0.2, 0.25) is 5.91 Å². The second-order valence-corrected chi connectivity index (χ2v) is 6.66. The number of carbonyl (C=O) groups excluding carboxylic acids is 2. The van der Waals surface area contributed by atoms with Crippen LogP contribution in [0.15, 0.2) is 30.3 Å². The molecule has 2 amide bonds. The van der Waals surface area contributed by atoms with Gasteiger partial charge in [-0.05, 0) is 25.3 Å². The first-order chi connectivity index (χ1) is 12.6. The molecule has 1 saturated heterocycles. The highest BCUT2D eigenvalue weighted by atomic mass is 16.6. The maximum absolute atomic E-state index is 12.9. The van der Waals surface area contributed by atoms with Gasteiger partial charge in [0.15, 0.2) is 0 Å². The van der Waals surface area contributed by atoms with Crippen molar-refractivity contribution in [2.75, 3.05) is 19.6 Å². The molecule has 2 rings (SSSR count). The Morgan fingerprint density at radius 1 is 1.23 bits per heavy atom. The van der Waals surface area contributed by atoms with E-state index in [1.165, 1.54) is 4.90 Å². The van der Waals surface area contributed by atoms with Gasteiger partial charge in [0, 0.05) is 19.6 Å². The van der Waals surface area contributed by atoms with Gasteiger partial charge in [0.25, 0.3) is 0 Å². The normalized spacial score (nSPS) is 19.4. The van der Waals surface area contributed by atoms with Crippen LogP contribution in [0.2, 0.25) is 0 Å². The van der Waals surface area contributed by atoms with Gasteiger partial charge in [0.1, 0.15) is 12.6 Å². The molecule has 0 bridgehead atoms. The Bertz CT molecular complexity index is 578. The van der Waals surface area contributed by atoms with Crippen LogP contribution in [0, 0.1) is 0 Å². The van der Waals surface area contributed by atoms with Crippen molar-refractivity contribution in [1.29, 1.82) is 0 Å². The molecule has 26 heavy (non-hydrogen) atoms. The van der Waals surface area contributed by atoms with E-state index >= 15 is 0 Å². The lowest BCUT2D eigenvalue weighted by Gasteiger charge is -2.30. The fraction of sp³-hybridized carbons (Fsp3) is 0.600. The van der Waals surface area contributed by atoms with Gasteiger partial charge in [-0.2, -0.15) is 0 Å². The van der Waals surface area contributed by atoms with Crippen molar-refractivity contribution < 1.29 is 19.4 Å². The van der Waals surface area contributed by atoms with Crippen LogP contribution in [0.4, 0.5) is 4.79 Å². The molecule has 6 heteroatoms. The largest absolute Gasteiger partial charge is 0.445 e. The molecule has 0 aliphatic carbocycles. The van der Waals surface area contributed by atoms with E-state index in [4.69, 9.17) is 4.74 Å². The second kappa shape index (κ2) is 10.2. The lowest BCUT2D eigenvalue weighted by molar-refractivity contribution is -0.138. The molecule has 1 aliphatic heterocycles. The van der Waals surface area contributed by atoms with E-state index in [9.17, 15) is 14.7 Å². The molecule has 1 aliphatic rings. The van der Waals surface area contributed by atoms with Gasteiger partial charge >= 0.3 is 6.09 Å². The maximum Gasteiger partial charge on any atom is 0.410 e. The summed E-state index contributed by atoms with van der Waals surface area (Å²) in [7, 11) is 0. The summed E-state index contributed by atoms with van der Waals surface area (Å²) >= 11 is 0. The molecule has 1 aromatic carbocycles. The molecular weight excluding hydrogens is 332 g/mol. The van der Waals surface area contributed by atoms with Gasteiger partial charge < -0.3 is 14.7 Å². The van der Waals surface area contributed by atoms with Crippen LogP contribution in [-0.2, 0) is 16.1 Å². The van der Waals surface area contributed by atoms with Gasteiger partial charge in [-0.3, -0.25) is 9.69 Å². The summed E-state index contributed by atoms with van der Waals surface area (Å²) in [5.74, 6) is -0.190. The van der Waals surface area contributed by atoms with E-state index in [-0.39, 0.29) is 12.5 Å². The third kappa shape index (κ3) is 5.21. The molecule has 2 atom stereocenters. The summed E-state index contributed by atoms with van der Waals surface area (Å²) in [5.41, 5.74) is 0.887. The number of amides is 2. The number of ether oxygens (including phenoxy) is 1. The molecule has 1 unspecified atom stereocenters. The second-order valence-electron chi connectivity index (χ2n) is 6.66. The minimum atomic E-state index is -0.847. The highest BCUT2D eigenvalue weighted by molar-refractivity contribution is 5.87. The summed E-state index contributed by atoms with van der Waals surface area (Å²) in [6.07, 6.45) is 2.07. The van der Waals surface area contributed by atoms with Crippen LogP contribution in [0.1, 0.15) is 45.1 Å². The van der Waals surface area contributed by atoms with Gasteiger partial charge in [-0.15, -0.1) is 0 Å². The Morgan fingerprint density at radius 3 is 2.62 bits per heavy atom. The number of likely N-dealkylation sites (tertiary alicyclic amines) is 1. The van der Waals surface area contributed by atoms with Crippen LogP contribution >= 0.6 is 0 Å². The zero-order valence-corrected chi connectivity index (χ0v) is 15.8. The molecule has 1 aromatic rings. The van der Waals surface area contributed by atoms with E-state index in [1.54, 1.807) is 4.90 Å². The summed E-state index contributed by atoms with van der Waals surface area (Å²) in [6.45, 7) is 5.74. The zero-order valence-electron chi connectivity index (χ0n) is 15.8. The summed E-state index contributed by atoms with van der Waals surface area (Å²) in [4.78, 5) is 28.5. The van der Waals surface area contributed by atoms with Crippen LogP contribution in [0.3, 0.4) is 0 Å². The number of carbonyl (C=O) groups is 2. The van der Waals surface area contributed by atoms with Crippen LogP contribution in [-0.4, -0.2) is 58.7 Å². The van der Waals surface area contributed by atoms with Crippen LogP contribution in [0.25, 0.3) is 0 Å². The molecule has 1 N–H and O–H groups in total. The van der Waals surface area contributed by atoms with Crippen molar-refractivity contribution in [2.24, 2.45) is 0 Å². The lowest BCUT2D eigenvalue weighted by atomic mass is 10.1. The van der Waals surface area contributed by atoms with Gasteiger partial charge in [-0.1, -0.05) is 50.1 Å². The average Bonchev–Trinajstić information content (AvgIpc) is 3.05. The number of likely N-dealkylation sites (N-methyl/N-ethyl adjacent to an activating group) is 1. The molecule has 144 valence electrons. The maximum atomic E-state index is 12.9. The monoisotopic (exact) mass is 362 g/mol. The lowest BCUT2D eigenvalue weighted by Crippen LogP contribution is -2.51. The first kappa shape index (κ1) is 20.2. The average molecular weight is 362 g/mol. The number of rotatable bonds is 8. The summed E-state index contributed by atoms with van der Waals surface area (Å²) in [5, 5.41) is 10.3. The molecular formula is C20H30N2O4. The van der Waals surface area contributed by atoms with E-state index in [0.29, 0.717) is 26.1 Å². The van der Waals surface area contributed by atoms with E-state index in [2.05, 4.69) is 6.92 Å². The number of hydrogen-bond donors (Lipinski definition) is 1. The molecule has 0 radical (unpaired) electrons. The summed E-state index contributed by atoms with van der Waals surface area (Å²) in [6, 6.07) is 8.56.